The van der Waals surface area contributed by atoms with Crippen LogP contribution in [0.4, 0.5) is 0 Å². The van der Waals surface area contributed by atoms with E-state index in [1.54, 1.807) is 4.68 Å². The minimum atomic E-state index is -1.94. The minimum Gasteiger partial charge on any atom is -0.543 e. The Bertz CT molecular complexity index is 1180. The van der Waals surface area contributed by atoms with E-state index in [-0.39, 0.29) is 10.1 Å². The van der Waals surface area contributed by atoms with Gasteiger partial charge in [-0.2, -0.15) is 5.10 Å². The molecule has 0 amide bonds. The third-order valence-electron chi connectivity index (χ3n) is 7.09. The number of halogens is 2. The van der Waals surface area contributed by atoms with Gasteiger partial charge in [0, 0.05) is 9.86 Å². The van der Waals surface area contributed by atoms with Crippen LogP contribution in [-0.2, 0) is 0 Å². The molecule has 0 aliphatic carbocycles. The highest BCUT2D eigenvalue weighted by molar-refractivity contribution is 9.10. The topological polar surface area (TPSA) is 36.3 Å². The normalized spacial score (nSPS) is 13.5. The average Bonchev–Trinajstić information content (AvgIpc) is 2.95. The number of rotatable bonds is 5. The summed E-state index contributed by atoms with van der Waals surface area (Å²) in [5, 5.41) is 6.44. The first kappa shape index (κ1) is 26.3. The van der Waals surface area contributed by atoms with Crippen molar-refractivity contribution < 1.29 is 8.85 Å². The van der Waals surface area contributed by atoms with Gasteiger partial charge in [0.1, 0.15) is 16.7 Å². The van der Waals surface area contributed by atoms with Gasteiger partial charge in [-0.3, -0.25) is 0 Å². The van der Waals surface area contributed by atoms with E-state index in [1.807, 2.05) is 36.4 Å². The molecule has 0 spiro atoms. The van der Waals surface area contributed by atoms with E-state index in [0.29, 0.717) is 5.15 Å². The molecule has 4 nitrogen and oxygen atoms in total. The van der Waals surface area contributed by atoms with E-state index < -0.39 is 16.6 Å². The van der Waals surface area contributed by atoms with Gasteiger partial charge in [0.25, 0.3) is 0 Å². The lowest BCUT2D eigenvalue weighted by molar-refractivity contribution is 0.492. The fourth-order valence-electron chi connectivity index (χ4n) is 2.87. The van der Waals surface area contributed by atoms with E-state index in [1.165, 1.54) is 0 Å². The first-order valence-corrected chi connectivity index (χ1v) is 18.3. The van der Waals surface area contributed by atoms with Gasteiger partial charge in [0.15, 0.2) is 0 Å². The van der Waals surface area contributed by atoms with Crippen LogP contribution in [0.15, 0.2) is 40.9 Å². The summed E-state index contributed by atoms with van der Waals surface area (Å²) in [6.07, 6.45) is 0. The van der Waals surface area contributed by atoms with Crippen LogP contribution in [0.3, 0.4) is 0 Å². The van der Waals surface area contributed by atoms with Crippen LogP contribution in [0.2, 0.25) is 41.4 Å². The van der Waals surface area contributed by atoms with Crippen molar-refractivity contribution in [2.24, 2.45) is 0 Å². The third kappa shape index (κ3) is 5.36. The van der Waals surface area contributed by atoms with E-state index in [2.05, 4.69) is 83.7 Å². The predicted molar refractivity (Wildman–Crippen MR) is 149 cm³/mol. The van der Waals surface area contributed by atoms with Crippen molar-refractivity contribution >= 4 is 55.1 Å². The molecule has 3 aromatic rings. The summed E-state index contributed by atoms with van der Waals surface area (Å²) in [5.41, 5.74) is 1.70. The first-order valence-electron chi connectivity index (χ1n) is 11.3. The van der Waals surface area contributed by atoms with Crippen molar-refractivity contribution in [1.82, 2.24) is 9.78 Å². The maximum atomic E-state index is 6.81. The molecule has 0 atom stereocenters. The quantitative estimate of drug-likeness (QED) is 0.288. The van der Waals surface area contributed by atoms with Gasteiger partial charge >= 0.3 is 0 Å². The number of hydrogen-bond donors (Lipinski definition) is 0. The number of fused-ring (bicyclic) bond motifs is 1. The summed E-state index contributed by atoms with van der Waals surface area (Å²) < 4.78 is 15.6. The van der Waals surface area contributed by atoms with Crippen LogP contribution in [-0.4, -0.2) is 26.4 Å². The molecule has 0 fully saturated rings. The van der Waals surface area contributed by atoms with Crippen LogP contribution in [0.1, 0.15) is 41.5 Å². The molecule has 180 valence electrons. The molecule has 0 saturated heterocycles. The number of benzene rings is 2. The molecule has 0 aliphatic rings. The fourth-order valence-corrected chi connectivity index (χ4v) is 5.73. The van der Waals surface area contributed by atoms with Crippen molar-refractivity contribution in [2.45, 2.75) is 77.8 Å². The molecule has 1 heterocycles. The number of nitrogens with zero attached hydrogens (tertiary/aromatic N) is 2. The fraction of sp³-hybridized carbons (Fsp3) is 0.480. The minimum absolute atomic E-state index is 0.120. The van der Waals surface area contributed by atoms with Gasteiger partial charge in [-0.15, -0.1) is 0 Å². The van der Waals surface area contributed by atoms with E-state index in [4.69, 9.17) is 25.6 Å². The number of aromatic nitrogens is 2. The molecule has 2 aromatic carbocycles. The van der Waals surface area contributed by atoms with Crippen molar-refractivity contribution in [3.63, 3.8) is 0 Å². The molecular formula is C25H36BrClN2O2Si2. The Morgan fingerprint density at radius 1 is 0.818 bits per heavy atom. The van der Waals surface area contributed by atoms with E-state index >= 15 is 0 Å². The highest BCUT2D eigenvalue weighted by Crippen LogP contribution is 2.40. The third-order valence-corrected chi connectivity index (χ3v) is 16.8. The summed E-state index contributed by atoms with van der Waals surface area (Å²) in [6.45, 7) is 22.4. The van der Waals surface area contributed by atoms with Gasteiger partial charge < -0.3 is 8.85 Å². The zero-order valence-electron chi connectivity index (χ0n) is 21.4. The first-order chi connectivity index (χ1) is 14.9. The van der Waals surface area contributed by atoms with Gasteiger partial charge in [0.05, 0.1) is 11.2 Å². The zero-order valence-corrected chi connectivity index (χ0v) is 25.8. The van der Waals surface area contributed by atoms with Gasteiger partial charge in [0.2, 0.25) is 16.6 Å². The smallest absolute Gasteiger partial charge is 0.250 e. The highest BCUT2D eigenvalue weighted by atomic mass is 79.9. The summed E-state index contributed by atoms with van der Waals surface area (Å²) >= 11 is 10.5. The molecule has 0 radical (unpaired) electrons. The van der Waals surface area contributed by atoms with Crippen molar-refractivity contribution in [2.75, 3.05) is 0 Å². The van der Waals surface area contributed by atoms with Gasteiger partial charge in [-0.25, -0.2) is 4.68 Å². The Kier molecular flexibility index (Phi) is 6.97. The van der Waals surface area contributed by atoms with Crippen molar-refractivity contribution in [3.8, 4) is 17.2 Å². The lowest BCUT2D eigenvalue weighted by Gasteiger charge is -2.36. The number of hydrogen-bond acceptors (Lipinski definition) is 3. The van der Waals surface area contributed by atoms with Crippen LogP contribution in [0.25, 0.3) is 16.6 Å². The molecule has 8 heteroatoms. The van der Waals surface area contributed by atoms with Crippen LogP contribution < -0.4 is 8.85 Å². The Morgan fingerprint density at radius 3 is 1.79 bits per heavy atom. The average molecular weight is 568 g/mol. The maximum Gasteiger partial charge on any atom is 0.250 e. The lowest BCUT2D eigenvalue weighted by Crippen LogP contribution is -2.43. The second-order valence-corrected chi connectivity index (χ2v) is 22.4. The van der Waals surface area contributed by atoms with E-state index in [9.17, 15) is 0 Å². The van der Waals surface area contributed by atoms with E-state index in [0.717, 1.165) is 32.6 Å². The summed E-state index contributed by atoms with van der Waals surface area (Å²) in [6, 6.07) is 12.0. The molecule has 0 bridgehead atoms. The maximum absolute atomic E-state index is 6.81. The largest absolute Gasteiger partial charge is 0.543 e. The standard InChI is InChI=1S/C25H36BrClN2O2Si2/c1-24(2,3)32(7,8)30-17-11-13-21-19(15-17)23(27)29(28-21)22-14-12-18(16-20(22)26)31-33(9,10)25(4,5)6/h11-16H,1-10H3. The van der Waals surface area contributed by atoms with Crippen LogP contribution in [0.5, 0.6) is 11.5 Å². The Hall–Kier alpha value is -1.29. The van der Waals surface area contributed by atoms with Crippen LogP contribution in [0, 0.1) is 0 Å². The predicted octanol–water partition coefficient (Wildman–Crippen LogP) is 9.21. The van der Waals surface area contributed by atoms with Crippen molar-refractivity contribution in [1.29, 1.82) is 0 Å². The zero-order chi connectivity index (χ0) is 25.0. The van der Waals surface area contributed by atoms with Gasteiger partial charge in [-0.1, -0.05) is 53.1 Å². The Labute approximate surface area is 214 Å². The van der Waals surface area contributed by atoms with Crippen molar-refractivity contribution in [3.05, 3.63) is 46.0 Å². The molecule has 33 heavy (non-hydrogen) atoms. The second kappa shape index (κ2) is 8.74. The lowest BCUT2D eigenvalue weighted by atomic mass is 10.2. The Balaban J connectivity index is 1.96. The summed E-state index contributed by atoms with van der Waals surface area (Å²) in [7, 11) is -3.87. The highest BCUT2D eigenvalue weighted by Gasteiger charge is 2.40. The molecule has 1 aromatic heterocycles. The molecular weight excluding hydrogens is 532 g/mol. The molecule has 0 unspecified atom stereocenters. The molecule has 0 N–H and O–H groups in total. The van der Waals surface area contributed by atoms with Crippen LogP contribution >= 0.6 is 27.5 Å². The van der Waals surface area contributed by atoms with Gasteiger partial charge in [-0.05, 0) is 88.6 Å². The monoisotopic (exact) mass is 566 g/mol. The molecule has 3 rings (SSSR count). The molecule has 0 aliphatic heterocycles. The second-order valence-electron chi connectivity index (χ2n) is 11.7. The molecule has 0 saturated carbocycles. The summed E-state index contributed by atoms with van der Waals surface area (Å²) in [4.78, 5) is 0. The SMILES string of the molecule is CC(C)(C)[Si](C)(C)Oc1ccc(-n2nc3ccc(O[Si](C)(C)C(C)(C)C)cc3c2Cl)c(Br)c1. The Morgan fingerprint density at radius 2 is 1.30 bits per heavy atom. The summed E-state index contributed by atoms with van der Waals surface area (Å²) in [5.74, 6) is 1.70.